The van der Waals surface area contributed by atoms with E-state index in [0.717, 1.165) is 16.2 Å². The number of rotatable bonds is 3. The van der Waals surface area contributed by atoms with Crippen molar-refractivity contribution in [2.45, 2.75) is 9.34 Å². The van der Waals surface area contributed by atoms with Gasteiger partial charge in [0.25, 0.3) is 0 Å². The highest BCUT2D eigenvalue weighted by molar-refractivity contribution is 9.11. The summed E-state index contributed by atoms with van der Waals surface area (Å²) in [6.45, 7) is 0. The monoisotopic (exact) mass is 331 g/mol. The van der Waals surface area contributed by atoms with E-state index >= 15 is 0 Å². The number of hydrogen-bond donors (Lipinski definition) is 0. The van der Waals surface area contributed by atoms with Gasteiger partial charge in [0.15, 0.2) is 0 Å². The number of aliphatic imine (C=N–C) groups is 1. The molecule has 4 heteroatoms. The summed E-state index contributed by atoms with van der Waals surface area (Å²) in [5.74, 6) is 0. The molecule has 0 aromatic heterocycles. The molecule has 0 bridgehead atoms. The van der Waals surface area contributed by atoms with Crippen molar-refractivity contribution in [3.8, 4) is 0 Å². The first-order valence-electron chi connectivity index (χ1n) is 5.82. The summed E-state index contributed by atoms with van der Waals surface area (Å²) >= 11 is 4.65. The summed E-state index contributed by atoms with van der Waals surface area (Å²) in [5.41, 5.74) is 1.79. The third-order valence-electron chi connectivity index (χ3n) is 2.80. The standard InChI is InChI=1S/C15H10BrNOS/c16-15(13(17-15)11-7-3-1-4-8-11)14(18)19-12-9-5-2-6-10-12/h1-10H. The van der Waals surface area contributed by atoms with Crippen LogP contribution in [0.1, 0.15) is 5.56 Å². The van der Waals surface area contributed by atoms with E-state index in [1.165, 1.54) is 11.8 Å². The molecule has 2 aromatic carbocycles. The lowest BCUT2D eigenvalue weighted by molar-refractivity contribution is -0.110. The van der Waals surface area contributed by atoms with E-state index < -0.39 is 4.45 Å². The van der Waals surface area contributed by atoms with Gasteiger partial charge >= 0.3 is 0 Å². The Bertz CT molecular complexity index is 642. The highest BCUT2D eigenvalue weighted by Gasteiger charge is 2.52. The topological polar surface area (TPSA) is 29.4 Å². The minimum atomic E-state index is -0.838. The second-order valence-electron chi connectivity index (χ2n) is 4.15. The Balaban J connectivity index is 1.73. The van der Waals surface area contributed by atoms with Gasteiger partial charge in [-0.2, -0.15) is 0 Å². The van der Waals surface area contributed by atoms with Gasteiger partial charge in [0.05, 0.1) is 5.71 Å². The maximum absolute atomic E-state index is 12.3. The SMILES string of the molecule is O=C(Sc1ccccc1)C1(Br)N=C1c1ccccc1. The van der Waals surface area contributed by atoms with Crippen LogP contribution in [0.2, 0.25) is 0 Å². The zero-order valence-electron chi connectivity index (χ0n) is 9.92. The summed E-state index contributed by atoms with van der Waals surface area (Å²) in [4.78, 5) is 17.5. The summed E-state index contributed by atoms with van der Waals surface area (Å²) < 4.78 is -0.838. The van der Waals surface area contributed by atoms with Crippen molar-refractivity contribution in [1.29, 1.82) is 0 Å². The van der Waals surface area contributed by atoms with Crippen molar-refractivity contribution in [1.82, 2.24) is 0 Å². The van der Waals surface area contributed by atoms with Gasteiger partial charge in [0.1, 0.15) is 0 Å². The first kappa shape index (κ1) is 12.6. The number of benzene rings is 2. The van der Waals surface area contributed by atoms with Gasteiger partial charge in [0, 0.05) is 4.90 Å². The Labute approximate surface area is 124 Å². The predicted molar refractivity (Wildman–Crippen MR) is 81.9 cm³/mol. The highest BCUT2D eigenvalue weighted by atomic mass is 79.9. The van der Waals surface area contributed by atoms with Crippen LogP contribution in [0, 0.1) is 0 Å². The van der Waals surface area contributed by atoms with Crippen LogP contribution >= 0.6 is 27.7 Å². The van der Waals surface area contributed by atoms with E-state index in [0.29, 0.717) is 0 Å². The molecule has 2 nitrogen and oxygen atoms in total. The van der Waals surface area contributed by atoms with E-state index in [2.05, 4.69) is 20.9 Å². The largest absolute Gasteiger partial charge is 0.283 e. The molecular weight excluding hydrogens is 322 g/mol. The molecule has 2 aromatic rings. The van der Waals surface area contributed by atoms with E-state index in [4.69, 9.17) is 0 Å². The number of carbonyl (C=O) groups is 1. The van der Waals surface area contributed by atoms with Gasteiger partial charge in [-0.3, -0.25) is 9.79 Å². The molecule has 0 fully saturated rings. The molecule has 0 aliphatic carbocycles. The van der Waals surface area contributed by atoms with E-state index in [1.54, 1.807) is 0 Å². The summed E-state index contributed by atoms with van der Waals surface area (Å²) in [5, 5.41) is -0.00227. The second-order valence-corrected chi connectivity index (χ2v) is 6.35. The van der Waals surface area contributed by atoms with E-state index in [-0.39, 0.29) is 5.12 Å². The molecule has 0 saturated heterocycles. The Hall–Kier alpha value is -1.39. The quantitative estimate of drug-likeness (QED) is 0.485. The minimum Gasteiger partial charge on any atom is -0.283 e. The molecule has 0 radical (unpaired) electrons. The van der Waals surface area contributed by atoms with Crippen molar-refractivity contribution in [2.24, 2.45) is 4.99 Å². The average molecular weight is 332 g/mol. The minimum absolute atomic E-state index is 0.00227. The van der Waals surface area contributed by atoms with Gasteiger partial charge < -0.3 is 0 Å². The Morgan fingerprint density at radius 3 is 2.21 bits per heavy atom. The molecule has 1 atom stereocenters. The molecule has 1 unspecified atom stereocenters. The van der Waals surface area contributed by atoms with Gasteiger partial charge in [-0.05, 0) is 45.4 Å². The van der Waals surface area contributed by atoms with Crippen LogP contribution in [0.15, 0.2) is 70.6 Å². The molecule has 94 valence electrons. The van der Waals surface area contributed by atoms with E-state index in [1.807, 2.05) is 60.7 Å². The van der Waals surface area contributed by atoms with E-state index in [9.17, 15) is 4.79 Å². The third kappa shape index (κ3) is 2.51. The molecule has 1 aliphatic heterocycles. The molecule has 3 rings (SSSR count). The number of nitrogens with zero attached hydrogens (tertiary/aromatic N) is 1. The fraction of sp³-hybridized carbons (Fsp3) is 0.0667. The maximum Gasteiger partial charge on any atom is 0.238 e. The molecule has 0 N–H and O–H groups in total. The van der Waals surface area contributed by atoms with Gasteiger partial charge in [-0.1, -0.05) is 48.5 Å². The highest BCUT2D eigenvalue weighted by Crippen LogP contribution is 2.43. The first-order chi connectivity index (χ1) is 9.20. The van der Waals surface area contributed by atoms with Crippen molar-refractivity contribution in [3.05, 3.63) is 66.2 Å². The first-order valence-corrected chi connectivity index (χ1v) is 7.43. The smallest absolute Gasteiger partial charge is 0.238 e. The van der Waals surface area contributed by atoms with Crippen LogP contribution in [-0.2, 0) is 4.79 Å². The summed E-state index contributed by atoms with van der Waals surface area (Å²) in [6, 6.07) is 19.4. The lowest BCUT2D eigenvalue weighted by Gasteiger charge is -2.06. The number of alkyl halides is 1. The zero-order chi connectivity index (χ0) is 13.3. The molecule has 1 aliphatic rings. The lowest BCUT2D eigenvalue weighted by atomic mass is 10.1. The molecule has 1 heterocycles. The fourth-order valence-electron chi connectivity index (χ4n) is 1.78. The Morgan fingerprint density at radius 1 is 1.00 bits per heavy atom. The summed E-state index contributed by atoms with van der Waals surface area (Å²) in [6.07, 6.45) is 0. The van der Waals surface area contributed by atoms with Gasteiger partial charge in [-0.15, -0.1) is 0 Å². The number of hydrogen-bond acceptors (Lipinski definition) is 3. The van der Waals surface area contributed by atoms with Crippen LogP contribution in [0.25, 0.3) is 0 Å². The van der Waals surface area contributed by atoms with Crippen molar-refractivity contribution < 1.29 is 4.79 Å². The van der Waals surface area contributed by atoms with Gasteiger partial charge in [-0.25, -0.2) is 0 Å². The number of thioether (sulfide) groups is 1. The van der Waals surface area contributed by atoms with Crippen LogP contribution in [0.5, 0.6) is 0 Å². The Kier molecular flexibility index (Phi) is 3.29. The summed E-state index contributed by atoms with van der Waals surface area (Å²) in [7, 11) is 0. The second kappa shape index (κ2) is 4.94. The maximum atomic E-state index is 12.3. The molecule has 0 saturated carbocycles. The van der Waals surface area contributed by atoms with Crippen LogP contribution in [0.4, 0.5) is 0 Å². The molecular formula is C15H10BrNOS. The average Bonchev–Trinajstić information content (AvgIpc) is 3.15. The fourth-order valence-corrected chi connectivity index (χ4v) is 3.22. The number of carbonyl (C=O) groups excluding carboxylic acids is 1. The van der Waals surface area contributed by atoms with Crippen LogP contribution in [-0.4, -0.2) is 15.3 Å². The van der Waals surface area contributed by atoms with Crippen molar-refractivity contribution in [2.75, 3.05) is 0 Å². The third-order valence-corrected chi connectivity index (χ3v) is 4.97. The van der Waals surface area contributed by atoms with Crippen molar-refractivity contribution >= 4 is 38.5 Å². The zero-order valence-corrected chi connectivity index (χ0v) is 12.3. The number of halogens is 1. The predicted octanol–water partition coefficient (Wildman–Crippen LogP) is 3.90. The van der Waals surface area contributed by atoms with Gasteiger partial charge in [0.2, 0.25) is 9.56 Å². The lowest BCUT2D eigenvalue weighted by Crippen LogP contribution is -2.20. The molecule has 0 amide bonds. The Morgan fingerprint density at radius 2 is 1.58 bits per heavy atom. The van der Waals surface area contributed by atoms with Crippen LogP contribution < -0.4 is 0 Å². The molecule has 0 spiro atoms. The molecule has 19 heavy (non-hydrogen) atoms. The normalized spacial score (nSPS) is 20.8. The van der Waals surface area contributed by atoms with Crippen LogP contribution in [0.3, 0.4) is 0 Å². The van der Waals surface area contributed by atoms with Crippen molar-refractivity contribution in [3.63, 3.8) is 0 Å².